The van der Waals surface area contributed by atoms with Crippen molar-refractivity contribution in [3.05, 3.63) is 0 Å². The summed E-state index contributed by atoms with van der Waals surface area (Å²) in [6, 6.07) is -1.13. The summed E-state index contributed by atoms with van der Waals surface area (Å²) < 4.78 is 15.1. The Bertz CT molecular complexity index is 412. The van der Waals surface area contributed by atoms with Gasteiger partial charge in [0.25, 0.3) is 0 Å². The number of hydrogen-bond acceptors (Lipinski definition) is 8. The monoisotopic (exact) mass is 305 g/mol. The topological polar surface area (TPSA) is 131 Å². The molecule has 0 bridgehead atoms. The Morgan fingerprint density at radius 1 is 1.10 bits per heavy atom. The van der Waals surface area contributed by atoms with Gasteiger partial charge in [-0.3, -0.25) is 14.4 Å². The van der Waals surface area contributed by atoms with Crippen LogP contribution in [-0.4, -0.2) is 65.3 Å². The molecule has 0 aliphatic carbocycles. The van der Waals surface area contributed by atoms with Crippen LogP contribution in [0.5, 0.6) is 0 Å². The smallest absolute Gasteiger partial charge is 0.303 e. The van der Waals surface area contributed by atoms with Gasteiger partial charge in [-0.05, 0) is 0 Å². The van der Waals surface area contributed by atoms with Crippen LogP contribution in [0.25, 0.3) is 0 Å². The van der Waals surface area contributed by atoms with Gasteiger partial charge in [-0.25, -0.2) is 0 Å². The second kappa shape index (κ2) is 7.34. The SMILES string of the molecule is CC(=O)N[C@H]1[C@@H](OC(C)=O)[C@H](OC(C)=O)[C@@H](CO)O[C@H]1O. The van der Waals surface area contributed by atoms with Crippen molar-refractivity contribution in [3.8, 4) is 0 Å². The van der Waals surface area contributed by atoms with E-state index in [0.29, 0.717) is 0 Å². The van der Waals surface area contributed by atoms with E-state index in [2.05, 4.69) is 5.32 Å². The van der Waals surface area contributed by atoms with Crippen LogP contribution in [0.2, 0.25) is 0 Å². The van der Waals surface area contributed by atoms with E-state index >= 15 is 0 Å². The first-order valence-corrected chi connectivity index (χ1v) is 6.32. The highest BCUT2D eigenvalue weighted by molar-refractivity contribution is 5.73. The highest BCUT2D eigenvalue weighted by Gasteiger charge is 2.49. The fourth-order valence-electron chi connectivity index (χ4n) is 2.12. The second-order valence-corrected chi connectivity index (χ2v) is 4.62. The Hall–Kier alpha value is -1.71. The third-order valence-corrected chi connectivity index (χ3v) is 2.82. The van der Waals surface area contributed by atoms with Crippen LogP contribution in [-0.2, 0) is 28.6 Å². The minimum atomic E-state index is -1.53. The number of aliphatic hydroxyl groups excluding tert-OH is 2. The van der Waals surface area contributed by atoms with Gasteiger partial charge in [-0.1, -0.05) is 0 Å². The van der Waals surface area contributed by atoms with Gasteiger partial charge in [0.05, 0.1) is 6.61 Å². The lowest BCUT2D eigenvalue weighted by molar-refractivity contribution is -0.263. The first kappa shape index (κ1) is 17.3. The fourth-order valence-corrected chi connectivity index (χ4v) is 2.12. The molecule has 0 radical (unpaired) electrons. The van der Waals surface area contributed by atoms with Crippen LogP contribution in [0, 0.1) is 0 Å². The third-order valence-electron chi connectivity index (χ3n) is 2.82. The van der Waals surface area contributed by atoms with Crippen LogP contribution in [0.15, 0.2) is 0 Å². The first-order valence-electron chi connectivity index (χ1n) is 6.32. The van der Waals surface area contributed by atoms with E-state index in [0.717, 1.165) is 13.8 Å². The average Bonchev–Trinajstić information content (AvgIpc) is 2.35. The molecule has 9 heteroatoms. The Kier molecular flexibility index (Phi) is 6.06. The third kappa shape index (κ3) is 4.66. The highest BCUT2D eigenvalue weighted by atomic mass is 16.7. The molecule has 1 rings (SSSR count). The summed E-state index contributed by atoms with van der Waals surface area (Å²) in [5.41, 5.74) is 0. The minimum absolute atomic E-state index is 0.496. The molecular formula is C12H19NO8. The zero-order chi connectivity index (χ0) is 16.2. The summed E-state index contributed by atoms with van der Waals surface area (Å²) in [5, 5.41) is 21.5. The van der Waals surface area contributed by atoms with Crippen molar-refractivity contribution in [2.75, 3.05) is 6.61 Å². The van der Waals surface area contributed by atoms with Gasteiger partial charge >= 0.3 is 11.9 Å². The standard InChI is InChI=1S/C12H19NO8/c1-5(15)13-9-11(20-7(3)17)10(19-6(2)16)8(4-14)21-12(9)18/h8-12,14,18H,4H2,1-3H3,(H,13,15)/t8-,9+,10-,11-,12-/m1/s1. The molecule has 1 fully saturated rings. The number of ether oxygens (including phenoxy) is 3. The van der Waals surface area contributed by atoms with Crippen molar-refractivity contribution in [1.82, 2.24) is 5.32 Å². The zero-order valence-electron chi connectivity index (χ0n) is 11.9. The molecule has 21 heavy (non-hydrogen) atoms. The van der Waals surface area contributed by atoms with E-state index in [1.807, 2.05) is 0 Å². The molecule has 5 atom stereocenters. The molecule has 0 aromatic carbocycles. The molecular weight excluding hydrogens is 286 g/mol. The van der Waals surface area contributed by atoms with Crippen molar-refractivity contribution in [3.63, 3.8) is 0 Å². The zero-order valence-corrected chi connectivity index (χ0v) is 11.9. The minimum Gasteiger partial charge on any atom is -0.456 e. The number of aliphatic hydroxyl groups is 2. The maximum Gasteiger partial charge on any atom is 0.303 e. The average molecular weight is 305 g/mol. The van der Waals surface area contributed by atoms with Crippen LogP contribution < -0.4 is 5.32 Å². The molecule has 0 unspecified atom stereocenters. The summed E-state index contributed by atoms with van der Waals surface area (Å²) in [4.78, 5) is 33.6. The van der Waals surface area contributed by atoms with Crippen LogP contribution in [0.3, 0.4) is 0 Å². The maximum atomic E-state index is 11.2. The van der Waals surface area contributed by atoms with E-state index in [-0.39, 0.29) is 0 Å². The number of hydrogen-bond donors (Lipinski definition) is 3. The second-order valence-electron chi connectivity index (χ2n) is 4.62. The van der Waals surface area contributed by atoms with E-state index in [1.165, 1.54) is 6.92 Å². The molecule has 1 saturated heterocycles. The van der Waals surface area contributed by atoms with Crippen LogP contribution in [0.1, 0.15) is 20.8 Å². The Morgan fingerprint density at radius 2 is 1.62 bits per heavy atom. The van der Waals surface area contributed by atoms with E-state index in [1.54, 1.807) is 0 Å². The molecule has 1 aliphatic heterocycles. The van der Waals surface area contributed by atoms with Gasteiger partial charge in [0.1, 0.15) is 12.1 Å². The van der Waals surface area contributed by atoms with Gasteiger partial charge in [-0.2, -0.15) is 0 Å². The number of esters is 2. The number of carbonyl (C=O) groups excluding carboxylic acids is 3. The van der Waals surface area contributed by atoms with Crippen LogP contribution in [0.4, 0.5) is 0 Å². The lowest BCUT2D eigenvalue weighted by Gasteiger charge is -2.43. The quantitative estimate of drug-likeness (QED) is 0.511. The molecule has 9 nitrogen and oxygen atoms in total. The normalized spacial score (nSPS) is 32.1. The van der Waals surface area contributed by atoms with Gasteiger partial charge in [-0.15, -0.1) is 0 Å². The lowest BCUT2D eigenvalue weighted by atomic mass is 9.96. The first-order chi connectivity index (χ1) is 9.76. The molecule has 3 N–H and O–H groups in total. The summed E-state index contributed by atoms with van der Waals surface area (Å²) in [6.07, 6.45) is -4.95. The predicted octanol–water partition coefficient (Wildman–Crippen LogP) is -1.94. The molecule has 1 amide bonds. The summed E-state index contributed by atoms with van der Waals surface area (Å²) in [7, 11) is 0. The molecule has 1 aliphatic rings. The van der Waals surface area contributed by atoms with Gasteiger partial charge in [0, 0.05) is 20.8 Å². The molecule has 1 heterocycles. The molecule has 0 aromatic heterocycles. The lowest BCUT2D eigenvalue weighted by Crippen LogP contribution is -2.65. The summed E-state index contributed by atoms with van der Waals surface area (Å²) in [6.45, 7) is 2.90. The number of rotatable bonds is 4. The summed E-state index contributed by atoms with van der Waals surface area (Å²) >= 11 is 0. The van der Waals surface area contributed by atoms with Gasteiger partial charge in [0.15, 0.2) is 18.5 Å². The predicted molar refractivity (Wildman–Crippen MR) is 66.7 cm³/mol. The van der Waals surface area contributed by atoms with Crippen molar-refractivity contribution in [2.24, 2.45) is 0 Å². The fraction of sp³-hybridized carbons (Fsp3) is 0.750. The van der Waals surface area contributed by atoms with Crippen molar-refractivity contribution < 1.29 is 38.8 Å². The van der Waals surface area contributed by atoms with Gasteiger partial charge in [0.2, 0.25) is 5.91 Å². The largest absolute Gasteiger partial charge is 0.456 e. The number of amides is 1. The van der Waals surface area contributed by atoms with Crippen LogP contribution >= 0.6 is 0 Å². The van der Waals surface area contributed by atoms with E-state index < -0.39 is 55.1 Å². The highest BCUT2D eigenvalue weighted by Crippen LogP contribution is 2.25. The molecule has 0 spiro atoms. The van der Waals surface area contributed by atoms with Crippen molar-refractivity contribution in [2.45, 2.75) is 51.4 Å². The molecule has 0 aromatic rings. The van der Waals surface area contributed by atoms with E-state index in [4.69, 9.17) is 14.2 Å². The van der Waals surface area contributed by atoms with Crippen molar-refractivity contribution >= 4 is 17.8 Å². The Balaban J connectivity index is 3.08. The van der Waals surface area contributed by atoms with E-state index in [9.17, 15) is 24.6 Å². The Labute approximate surface area is 121 Å². The Morgan fingerprint density at radius 3 is 2.05 bits per heavy atom. The van der Waals surface area contributed by atoms with Crippen molar-refractivity contribution in [1.29, 1.82) is 0 Å². The summed E-state index contributed by atoms with van der Waals surface area (Å²) in [5.74, 6) is -1.88. The molecule has 120 valence electrons. The number of nitrogens with one attached hydrogen (secondary N) is 1. The van der Waals surface area contributed by atoms with Gasteiger partial charge < -0.3 is 29.7 Å². The molecule has 0 saturated carbocycles. The maximum absolute atomic E-state index is 11.2. The number of carbonyl (C=O) groups is 3.